The van der Waals surface area contributed by atoms with Crippen molar-refractivity contribution in [3.8, 4) is 11.3 Å². The lowest BCUT2D eigenvalue weighted by atomic mass is 10.0. The van der Waals surface area contributed by atoms with Crippen LogP contribution in [0.25, 0.3) is 16.8 Å². The molecule has 0 saturated heterocycles. The lowest BCUT2D eigenvalue weighted by Crippen LogP contribution is -2.14. The molecule has 2 aromatic carbocycles. The number of carbonyl (C=O) groups excluding carboxylic acids is 2. The van der Waals surface area contributed by atoms with Crippen LogP contribution in [0.15, 0.2) is 66.0 Å². The number of nitrogens with one attached hydrogen (secondary N) is 1. The number of aryl methyl sites for hydroxylation is 2. The number of rotatable bonds is 6. The number of ketones is 1. The Bertz CT molecular complexity index is 1300. The highest BCUT2D eigenvalue weighted by molar-refractivity contribution is 8.00. The topological polar surface area (TPSA) is 76.4 Å². The quantitative estimate of drug-likeness (QED) is 0.346. The van der Waals surface area contributed by atoms with Crippen molar-refractivity contribution in [2.24, 2.45) is 0 Å². The first-order valence-electron chi connectivity index (χ1n) is 9.86. The molecule has 7 heteroatoms. The van der Waals surface area contributed by atoms with Crippen LogP contribution in [0.3, 0.4) is 0 Å². The van der Waals surface area contributed by atoms with Gasteiger partial charge in [-0.05, 0) is 56.2 Å². The fourth-order valence-electron chi connectivity index (χ4n) is 3.20. The fourth-order valence-corrected chi connectivity index (χ4v) is 3.97. The molecule has 0 aliphatic rings. The standard InChI is InChI=1S/C24H22N4O2S/c1-15-7-8-19(11-16(15)2)21-13-22-24(25-9-10-28(22)27-21)31-14-23(30)26-20-6-4-5-18(12-20)17(3)29/h4-13H,14H2,1-3H3,(H,26,30). The highest BCUT2D eigenvalue weighted by Gasteiger charge is 2.12. The summed E-state index contributed by atoms with van der Waals surface area (Å²) in [5.41, 5.74) is 6.39. The Morgan fingerprint density at radius 2 is 1.90 bits per heavy atom. The van der Waals surface area contributed by atoms with Crippen LogP contribution >= 0.6 is 11.8 Å². The Hall–Kier alpha value is -3.45. The molecule has 0 spiro atoms. The minimum absolute atomic E-state index is 0.0401. The van der Waals surface area contributed by atoms with Crippen LogP contribution in [0, 0.1) is 13.8 Å². The van der Waals surface area contributed by atoms with Crippen molar-refractivity contribution in [3.05, 3.63) is 77.6 Å². The number of hydrogen-bond donors (Lipinski definition) is 1. The number of thioether (sulfide) groups is 1. The van der Waals surface area contributed by atoms with E-state index in [-0.39, 0.29) is 17.4 Å². The average molecular weight is 431 g/mol. The number of carbonyl (C=O) groups is 2. The van der Waals surface area contributed by atoms with Crippen molar-refractivity contribution < 1.29 is 9.59 Å². The Labute approximate surface area is 184 Å². The Balaban J connectivity index is 1.50. The van der Waals surface area contributed by atoms with Gasteiger partial charge in [-0.15, -0.1) is 0 Å². The molecular weight excluding hydrogens is 408 g/mol. The van der Waals surface area contributed by atoms with Gasteiger partial charge < -0.3 is 5.32 Å². The molecule has 0 radical (unpaired) electrons. The highest BCUT2D eigenvalue weighted by Crippen LogP contribution is 2.27. The maximum Gasteiger partial charge on any atom is 0.234 e. The second-order valence-electron chi connectivity index (χ2n) is 7.36. The summed E-state index contributed by atoms with van der Waals surface area (Å²) in [6.07, 6.45) is 3.48. The smallest absolute Gasteiger partial charge is 0.234 e. The van der Waals surface area contributed by atoms with Crippen molar-refractivity contribution in [1.29, 1.82) is 0 Å². The molecule has 0 aliphatic heterocycles. The number of benzene rings is 2. The highest BCUT2D eigenvalue weighted by atomic mass is 32.2. The van der Waals surface area contributed by atoms with Gasteiger partial charge in [0.1, 0.15) is 5.03 Å². The molecule has 0 bridgehead atoms. The van der Waals surface area contributed by atoms with Gasteiger partial charge in [0.15, 0.2) is 5.78 Å². The summed E-state index contributed by atoms with van der Waals surface area (Å²) in [5, 5.41) is 8.24. The van der Waals surface area contributed by atoms with Crippen LogP contribution in [0.5, 0.6) is 0 Å². The third-order valence-electron chi connectivity index (χ3n) is 5.05. The summed E-state index contributed by atoms with van der Waals surface area (Å²) < 4.78 is 1.79. The molecule has 0 fully saturated rings. The van der Waals surface area contributed by atoms with Gasteiger partial charge in [0.05, 0.1) is 17.0 Å². The van der Waals surface area contributed by atoms with E-state index in [1.807, 2.05) is 6.07 Å². The normalized spacial score (nSPS) is 10.9. The van der Waals surface area contributed by atoms with E-state index >= 15 is 0 Å². The monoisotopic (exact) mass is 430 g/mol. The molecule has 4 aromatic rings. The van der Waals surface area contributed by atoms with Crippen LogP contribution in [0.4, 0.5) is 5.69 Å². The van der Waals surface area contributed by atoms with Gasteiger partial charge in [-0.25, -0.2) is 9.50 Å². The number of nitrogens with zero attached hydrogens (tertiary/aromatic N) is 3. The maximum atomic E-state index is 12.4. The second kappa shape index (κ2) is 8.73. The number of aromatic nitrogens is 3. The molecule has 0 unspecified atom stereocenters. The van der Waals surface area contributed by atoms with Gasteiger partial charge in [-0.1, -0.05) is 36.0 Å². The summed E-state index contributed by atoms with van der Waals surface area (Å²) in [7, 11) is 0. The minimum Gasteiger partial charge on any atom is -0.325 e. The van der Waals surface area contributed by atoms with E-state index < -0.39 is 0 Å². The van der Waals surface area contributed by atoms with E-state index in [4.69, 9.17) is 0 Å². The van der Waals surface area contributed by atoms with Gasteiger partial charge in [-0.3, -0.25) is 9.59 Å². The lowest BCUT2D eigenvalue weighted by molar-refractivity contribution is -0.113. The number of amides is 1. The van der Waals surface area contributed by atoms with Crippen molar-refractivity contribution >= 4 is 34.7 Å². The Morgan fingerprint density at radius 3 is 2.68 bits per heavy atom. The Morgan fingerprint density at radius 1 is 1.06 bits per heavy atom. The van der Waals surface area contributed by atoms with Crippen molar-refractivity contribution in [3.63, 3.8) is 0 Å². The van der Waals surface area contributed by atoms with E-state index in [1.165, 1.54) is 29.8 Å². The van der Waals surface area contributed by atoms with E-state index in [0.717, 1.165) is 21.8 Å². The predicted octanol–water partition coefficient (Wildman–Crippen LogP) is 4.95. The third kappa shape index (κ3) is 4.67. The van der Waals surface area contributed by atoms with E-state index in [0.29, 0.717) is 11.3 Å². The molecule has 1 N–H and O–H groups in total. The van der Waals surface area contributed by atoms with E-state index in [9.17, 15) is 9.59 Å². The second-order valence-corrected chi connectivity index (χ2v) is 8.33. The zero-order valence-corrected chi connectivity index (χ0v) is 18.4. The molecule has 2 heterocycles. The number of Topliss-reactive ketones (excluding diaryl/α,β-unsaturated/α-hetero) is 1. The van der Waals surface area contributed by atoms with Crippen LogP contribution in [-0.4, -0.2) is 32.0 Å². The summed E-state index contributed by atoms with van der Waals surface area (Å²) in [6, 6.07) is 15.2. The molecule has 1 amide bonds. The average Bonchev–Trinajstić information content (AvgIpc) is 3.19. The molecule has 0 saturated carbocycles. The van der Waals surface area contributed by atoms with Crippen molar-refractivity contribution in [1.82, 2.24) is 14.6 Å². The van der Waals surface area contributed by atoms with Gasteiger partial charge in [0.25, 0.3) is 0 Å². The third-order valence-corrected chi connectivity index (χ3v) is 6.04. The van der Waals surface area contributed by atoms with Gasteiger partial charge in [0.2, 0.25) is 5.91 Å². The maximum absolute atomic E-state index is 12.4. The van der Waals surface area contributed by atoms with Gasteiger partial charge in [-0.2, -0.15) is 5.10 Å². The molecule has 0 aliphatic carbocycles. The SMILES string of the molecule is CC(=O)c1cccc(NC(=O)CSc2nccn3nc(-c4ccc(C)c(C)c4)cc23)c1. The van der Waals surface area contributed by atoms with Crippen LogP contribution in [0.2, 0.25) is 0 Å². The zero-order valence-electron chi connectivity index (χ0n) is 17.5. The van der Waals surface area contributed by atoms with Gasteiger partial charge >= 0.3 is 0 Å². The first-order valence-corrected chi connectivity index (χ1v) is 10.8. The lowest BCUT2D eigenvalue weighted by Gasteiger charge is -2.06. The summed E-state index contributed by atoms with van der Waals surface area (Å²) in [6.45, 7) is 5.67. The molecule has 0 atom stereocenters. The van der Waals surface area contributed by atoms with Gasteiger partial charge in [0, 0.05) is 29.2 Å². The number of hydrogen-bond acceptors (Lipinski definition) is 5. The number of fused-ring (bicyclic) bond motifs is 1. The summed E-state index contributed by atoms with van der Waals surface area (Å²) in [4.78, 5) is 28.4. The first-order chi connectivity index (χ1) is 14.9. The Kier molecular flexibility index (Phi) is 5.86. The van der Waals surface area contributed by atoms with Crippen LogP contribution in [-0.2, 0) is 4.79 Å². The molecule has 6 nitrogen and oxygen atoms in total. The number of anilines is 1. The van der Waals surface area contributed by atoms with Crippen molar-refractivity contribution in [2.45, 2.75) is 25.8 Å². The summed E-state index contributed by atoms with van der Waals surface area (Å²) >= 11 is 1.35. The summed E-state index contributed by atoms with van der Waals surface area (Å²) in [5.74, 6) is -0.00809. The molecular formula is C24H22N4O2S. The molecule has 2 aromatic heterocycles. The van der Waals surface area contributed by atoms with Crippen molar-refractivity contribution in [2.75, 3.05) is 11.1 Å². The predicted molar refractivity (Wildman–Crippen MR) is 124 cm³/mol. The van der Waals surface area contributed by atoms with E-state index in [2.05, 4.69) is 47.4 Å². The molecule has 31 heavy (non-hydrogen) atoms. The molecule has 4 rings (SSSR count). The fraction of sp³-hybridized carbons (Fsp3) is 0.167. The largest absolute Gasteiger partial charge is 0.325 e. The van der Waals surface area contributed by atoms with Crippen LogP contribution < -0.4 is 5.32 Å². The zero-order chi connectivity index (χ0) is 22.0. The van der Waals surface area contributed by atoms with E-state index in [1.54, 1.807) is 41.2 Å². The van der Waals surface area contributed by atoms with Crippen LogP contribution in [0.1, 0.15) is 28.4 Å². The first kappa shape index (κ1) is 20.8. The minimum atomic E-state index is -0.164. The molecule has 156 valence electrons.